The maximum Gasteiger partial charge on any atom is 0.254 e. The fourth-order valence-corrected chi connectivity index (χ4v) is 5.75. The van der Waals surface area contributed by atoms with E-state index in [-0.39, 0.29) is 23.5 Å². The molecule has 1 aliphatic rings. The summed E-state index contributed by atoms with van der Waals surface area (Å²) in [5.74, 6) is 0.832. The second-order valence-electron chi connectivity index (χ2n) is 6.90. The lowest BCUT2D eigenvalue weighted by molar-refractivity contribution is 0.0680. The van der Waals surface area contributed by atoms with Gasteiger partial charge in [0.25, 0.3) is 5.91 Å². The van der Waals surface area contributed by atoms with E-state index in [0.29, 0.717) is 41.1 Å². The van der Waals surface area contributed by atoms with Crippen LogP contribution in [0.5, 0.6) is 11.5 Å². The van der Waals surface area contributed by atoms with Crippen LogP contribution in [-0.2, 0) is 16.4 Å². The first-order valence-corrected chi connectivity index (χ1v) is 12.0. The number of rotatable bonds is 7. The molecule has 2 aromatic carbocycles. The number of benzene rings is 2. The fraction of sp³-hybridized carbons (Fsp3) is 0.381. The van der Waals surface area contributed by atoms with Crippen LogP contribution < -0.4 is 9.47 Å². The molecule has 1 fully saturated rings. The first-order valence-electron chi connectivity index (χ1n) is 9.40. The molecular formula is C21H24BrNO5S. The number of hydrogen-bond acceptors (Lipinski definition) is 5. The highest BCUT2D eigenvalue weighted by Crippen LogP contribution is 2.37. The summed E-state index contributed by atoms with van der Waals surface area (Å²) in [5, 5.41) is 0. The molecule has 1 heterocycles. The van der Waals surface area contributed by atoms with Crippen LogP contribution in [0.4, 0.5) is 0 Å². The summed E-state index contributed by atoms with van der Waals surface area (Å²) in [5.41, 5.74) is 1.36. The third kappa shape index (κ3) is 5.11. The molecule has 0 radical (unpaired) electrons. The van der Waals surface area contributed by atoms with Gasteiger partial charge in [0.05, 0.1) is 29.7 Å². The second-order valence-corrected chi connectivity index (χ2v) is 9.98. The Morgan fingerprint density at radius 1 is 1.24 bits per heavy atom. The molecule has 3 rings (SSSR count). The van der Waals surface area contributed by atoms with Crippen molar-refractivity contribution in [3.8, 4) is 11.5 Å². The Hall–Kier alpha value is -2.06. The lowest BCUT2D eigenvalue weighted by Crippen LogP contribution is -2.40. The normalized spacial score (nSPS) is 17.7. The first-order chi connectivity index (χ1) is 13.8. The Kier molecular flexibility index (Phi) is 6.85. The minimum Gasteiger partial charge on any atom is -0.493 e. The standard InChI is InChI=1S/C21H24BrNO5S/c1-3-28-20-18(22)11-16(12-19(20)27-2)21(24)23(13-15-7-5-4-6-8-15)17-9-10-29(25,26)14-17/h4-8,11-12,17H,3,9-10,13-14H2,1-2H3/t17-/m1/s1. The molecule has 0 N–H and O–H groups in total. The Bertz CT molecular complexity index is 978. The van der Waals surface area contributed by atoms with Gasteiger partial charge < -0.3 is 14.4 Å². The maximum atomic E-state index is 13.5. The minimum absolute atomic E-state index is 0.0130. The van der Waals surface area contributed by atoms with Gasteiger partial charge in [0.1, 0.15) is 0 Å². The van der Waals surface area contributed by atoms with Gasteiger partial charge in [-0.15, -0.1) is 0 Å². The molecule has 0 unspecified atom stereocenters. The van der Waals surface area contributed by atoms with Crippen LogP contribution in [-0.4, -0.2) is 50.5 Å². The van der Waals surface area contributed by atoms with Crippen molar-refractivity contribution >= 4 is 31.7 Å². The molecule has 1 amide bonds. The quantitative estimate of drug-likeness (QED) is 0.602. The number of sulfone groups is 1. The van der Waals surface area contributed by atoms with E-state index in [1.165, 1.54) is 7.11 Å². The van der Waals surface area contributed by atoms with E-state index in [4.69, 9.17) is 9.47 Å². The second kappa shape index (κ2) is 9.17. The SMILES string of the molecule is CCOc1c(Br)cc(C(=O)N(Cc2ccccc2)[C@@H]2CCS(=O)(=O)C2)cc1OC. The molecule has 6 nitrogen and oxygen atoms in total. The highest BCUT2D eigenvalue weighted by Gasteiger charge is 2.35. The minimum atomic E-state index is -3.13. The van der Waals surface area contributed by atoms with Crippen molar-refractivity contribution in [2.24, 2.45) is 0 Å². The number of carbonyl (C=O) groups excluding carboxylic acids is 1. The van der Waals surface area contributed by atoms with Gasteiger partial charge >= 0.3 is 0 Å². The van der Waals surface area contributed by atoms with Crippen LogP contribution in [0.15, 0.2) is 46.9 Å². The van der Waals surface area contributed by atoms with Gasteiger partial charge in [-0.1, -0.05) is 30.3 Å². The Balaban J connectivity index is 1.97. The van der Waals surface area contributed by atoms with Gasteiger partial charge in [0.15, 0.2) is 21.3 Å². The Labute approximate surface area is 179 Å². The van der Waals surface area contributed by atoms with E-state index >= 15 is 0 Å². The van der Waals surface area contributed by atoms with E-state index in [9.17, 15) is 13.2 Å². The molecule has 0 saturated carbocycles. The monoisotopic (exact) mass is 481 g/mol. The van der Waals surface area contributed by atoms with Crippen LogP contribution in [0.2, 0.25) is 0 Å². The zero-order valence-electron chi connectivity index (χ0n) is 16.4. The number of ether oxygens (including phenoxy) is 2. The van der Waals surface area contributed by atoms with Crippen LogP contribution >= 0.6 is 15.9 Å². The molecule has 0 spiro atoms. The van der Waals surface area contributed by atoms with Gasteiger partial charge in [-0.25, -0.2) is 8.42 Å². The topological polar surface area (TPSA) is 72.9 Å². The first kappa shape index (κ1) is 21.6. The van der Waals surface area contributed by atoms with Crippen LogP contribution in [0.1, 0.15) is 29.3 Å². The average molecular weight is 482 g/mol. The van der Waals surface area contributed by atoms with Gasteiger partial charge in [0.2, 0.25) is 0 Å². The number of carbonyl (C=O) groups is 1. The van der Waals surface area contributed by atoms with Gasteiger partial charge in [-0.05, 0) is 47.0 Å². The summed E-state index contributed by atoms with van der Waals surface area (Å²) in [4.78, 5) is 15.1. The molecule has 0 aliphatic carbocycles. The van der Waals surface area contributed by atoms with E-state index in [0.717, 1.165) is 5.56 Å². The lowest BCUT2D eigenvalue weighted by Gasteiger charge is -2.29. The van der Waals surface area contributed by atoms with E-state index in [2.05, 4.69) is 15.9 Å². The van der Waals surface area contributed by atoms with Gasteiger partial charge in [-0.2, -0.15) is 0 Å². The molecular weight excluding hydrogens is 458 g/mol. The number of halogens is 1. The van der Waals surface area contributed by atoms with Crippen molar-refractivity contribution in [1.29, 1.82) is 0 Å². The molecule has 0 bridgehead atoms. The summed E-state index contributed by atoms with van der Waals surface area (Å²) in [6.07, 6.45) is 0.441. The van der Waals surface area contributed by atoms with Crippen molar-refractivity contribution in [2.45, 2.75) is 25.9 Å². The molecule has 156 valence electrons. The highest BCUT2D eigenvalue weighted by molar-refractivity contribution is 9.10. The number of nitrogens with zero attached hydrogens (tertiary/aromatic N) is 1. The molecule has 1 saturated heterocycles. The van der Waals surface area contributed by atoms with Crippen LogP contribution in [0, 0.1) is 0 Å². The summed E-state index contributed by atoms with van der Waals surface area (Å²) >= 11 is 3.45. The fourth-order valence-electron chi connectivity index (χ4n) is 3.46. The smallest absolute Gasteiger partial charge is 0.254 e. The van der Waals surface area contributed by atoms with E-state index in [1.54, 1.807) is 17.0 Å². The lowest BCUT2D eigenvalue weighted by atomic mass is 10.1. The van der Waals surface area contributed by atoms with Gasteiger partial charge in [-0.3, -0.25) is 4.79 Å². The molecule has 8 heteroatoms. The summed E-state index contributed by atoms with van der Waals surface area (Å²) in [6.45, 7) is 2.67. The average Bonchev–Trinajstić information content (AvgIpc) is 3.07. The summed E-state index contributed by atoms with van der Waals surface area (Å²) < 4.78 is 35.7. The molecule has 29 heavy (non-hydrogen) atoms. The third-order valence-corrected chi connectivity index (χ3v) is 7.21. The molecule has 0 aromatic heterocycles. The Morgan fingerprint density at radius 2 is 1.97 bits per heavy atom. The van der Waals surface area contributed by atoms with Crippen LogP contribution in [0.25, 0.3) is 0 Å². The number of amides is 1. The molecule has 1 aliphatic heterocycles. The zero-order chi connectivity index (χ0) is 21.0. The molecule has 2 aromatic rings. The van der Waals surface area contributed by atoms with Crippen molar-refractivity contribution in [3.05, 3.63) is 58.1 Å². The number of hydrogen-bond donors (Lipinski definition) is 0. The van der Waals surface area contributed by atoms with E-state index in [1.807, 2.05) is 37.3 Å². The third-order valence-electron chi connectivity index (χ3n) is 4.87. The van der Waals surface area contributed by atoms with Crippen LogP contribution in [0.3, 0.4) is 0 Å². The van der Waals surface area contributed by atoms with Crippen molar-refractivity contribution < 1.29 is 22.7 Å². The summed E-state index contributed by atoms with van der Waals surface area (Å²) in [7, 11) is -1.61. The highest BCUT2D eigenvalue weighted by atomic mass is 79.9. The summed E-state index contributed by atoms with van der Waals surface area (Å²) in [6, 6.07) is 12.5. The largest absolute Gasteiger partial charge is 0.493 e. The predicted molar refractivity (Wildman–Crippen MR) is 115 cm³/mol. The van der Waals surface area contributed by atoms with Gasteiger partial charge in [0, 0.05) is 18.2 Å². The maximum absolute atomic E-state index is 13.5. The zero-order valence-corrected chi connectivity index (χ0v) is 18.8. The Morgan fingerprint density at radius 3 is 2.55 bits per heavy atom. The van der Waals surface area contributed by atoms with Crippen molar-refractivity contribution in [2.75, 3.05) is 25.2 Å². The van der Waals surface area contributed by atoms with Crippen molar-refractivity contribution in [3.63, 3.8) is 0 Å². The number of methoxy groups -OCH3 is 1. The van der Waals surface area contributed by atoms with E-state index < -0.39 is 9.84 Å². The molecule has 1 atom stereocenters. The van der Waals surface area contributed by atoms with Crippen molar-refractivity contribution in [1.82, 2.24) is 4.90 Å². The predicted octanol–water partition coefficient (Wildman–Crippen LogP) is 3.69.